The van der Waals surface area contributed by atoms with Gasteiger partial charge in [0.2, 0.25) is 0 Å². The van der Waals surface area contributed by atoms with Gasteiger partial charge in [-0.05, 0) is 42.6 Å². The number of hydrogen-bond donors (Lipinski definition) is 1. The quantitative estimate of drug-likeness (QED) is 0.198. The molecule has 0 saturated carbocycles. The van der Waals surface area contributed by atoms with Gasteiger partial charge in [-0.1, -0.05) is 48.5 Å². The van der Waals surface area contributed by atoms with Crippen LogP contribution in [0, 0.1) is 10.1 Å². The molecule has 0 atom stereocenters. The van der Waals surface area contributed by atoms with Gasteiger partial charge in [0.1, 0.15) is 11.4 Å². The molecule has 1 fully saturated rings. The first-order valence-electron chi connectivity index (χ1n) is 10.3. The van der Waals surface area contributed by atoms with Crippen LogP contribution in [0.4, 0.5) is 11.4 Å². The maximum absolute atomic E-state index is 13.2. The highest BCUT2D eigenvalue weighted by atomic mass is 32.1. The molecule has 0 aliphatic carbocycles. The van der Waals surface area contributed by atoms with E-state index in [2.05, 4.69) is 10.4 Å². The zero-order chi connectivity index (χ0) is 23.7. The van der Waals surface area contributed by atoms with Crippen LogP contribution in [0.3, 0.4) is 0 Å². The van der Waals surface area contributed by atoms with Crippen molar-refractivity contribution in [2.45, 2.75) is 0 Å². The Bertz CT molecular complexity index is 1450. The summed E-state index contributed by atoms with van der Waals surface area (Å²) in [5, 5.41) is 19.3. The third-order valence-corrected chi connectivity index (χ3v) is 5.57. The minimum atomic E-state index is -0.450. The Morgan fingerprint density at radius 3 is 2.29 bits per heavy atom. The van der Waals surface area contributed by atoms with Gasteiger partial charge in [0.15, 0.2) is 5.11 Å². The molecule has 3 aromatic carbocycles. The highest BCUT2D eigenvalue weighted by Gasteiger charge is 2.32. The van der Waals surface area contributed by atoms with Crippen LogP contribution >= 0.6 is 12.2 Å². The highest BCUT2D eigenvalue weighted by molar-refractivity contribution is 7.80. The summed E-state index contributed by atoms with van der Waals surface area (Å²) in [6.07, 6.45) is 3.44. The molecule has 1 amide bonds. The van der Waals surface area contributed by atoms with Crippen molar-refractivity contribution in [2.24, 2.45) is 0 Å². The fraction of sp³-hybridized carbons (Fsp3) is 0. The Morgan fingerprint density at radius 2 is 1.62 bits per heavy atom. The summed E-state index contributed by atoms with van der Waals surface area (Å²) >= 11 is 5.40. The predicted octanol–water partition coefficient (Wildman–Crippen LogP) is 4.71. The average Bonchev–Trinajstić information content (AvgIpc) is 3.40. The fourth-order valence-electron chi connectivity index (χ4n) is 3.70. The van der Waals surface area contributed by atoms with Crippen molar-refractivity contribution in [2.75, 3.05) is 4.90 Å². The monoisotopic (exact) mass is 467 g/mol. The molecule has 9 heteroatoms. The van der Waals surface area contributed by atoms with Crippen LogP contribution in [0.25, 0.3) is 23.0 Å². The lowest BCUT2D eigenvalue weighted by molar-refractivity contribution is -0.384. The summed E-state index contributed by atoms with van der Waals surface area (Å²) in [4.78, 5) is 25.5. The molecule has 0 unspecified atom stereocenters. The molecule has 2 heterocycles. The van der Waals surface area contributed by atoms with Crippen molar-refractivity contribution >= 4 is 40.7 Å². The Labute approximate surface area is 199 Å². The smallest absolute Gasteiger partial charge is 0.281 e. The van der Waals surface area contributed by atoms with E-state index in [1.54, 1.807) is 41.2 Å². The first-order chi connectivity index (χ1) is 16.5. The number of nitrogens with one attached hydrogen (secondary N) is 1. The Kier molecular flexibility index (Phi) is 5.44. The fourth-order valence-corrected chi connectivity index (χ4v) is 4.00. The zero-order valence-electron chi connectivity index (χ0n) is 17.7. The van der Waals surface area contributed by atoms with E-state index in [4.69, 9.17) is 12.2 Å². The molecule has 1 N–H and O–H groups in total. The number of nitro benzene ring substituents is 1. The van der Waals surface area contributed by atoms with Gasteiger partial charge in [-0.2, -0.15) is 5.10 Å². The number of carbonyl (C=O) groups excluding carboxylic acids is 1. The van der Waals surface area contributed by atoms with Crippen LogP contribution in [-0.2, 0) is 4.79 Å². The number of benzene rings is 3. The van der Waals surface area contributed by atoms with Gasteiger partial charge >= 0.3 is 0 Å². The molecule has 1 saturated heterocycles. The second-order valence-corrected chi connectivity index (χ2v) is 7.87. The summed E-state index contributed by atoms with van der Waals surface area (Å²) in [7, 11) is 0. The Morgan fingerprint density at radius 1 is 0.941 bits per heavy atom. The molecule has 4 aromatic rings. The van der Waals surface area contributed by atoms with Gasteiger partial charge in [-0.25, -0.2) is 4.68 Å². The standard InChI is InChI=1S/C25H17N5O3S/c31-24-22(26-25(34)29(24)20-11-5-2-6-12-20)15-18-16-28(19-9-3-1-4-10-19)27-23(18)17-8-7-13-21(14-17)30(32)33/h1-16H,(H,26,34)/b22-15+. The molecule has 0 radical (unpaired) electrons. The van der Waals surface area contributed by atoms with Gasteiger partial charge in [0.05, 0.1) is 16.3 Å². The molecular weight excluding hydrogens is 450 g/mol. The van der Waals surface area contributed by atoms with Crippen LogP contribution in [0.15, 0.2) is 96.8 Å². The van der Waals surface area contributed by atoms with Crippen molar-refractivity contribution in [3.63, 3.8) is 0 Å². The SMILES string of the molecule is O=C1/C(=C\c2cn(-c3ccccc3)nc2-c2cccc([N+](=O)[O-])c2)NC(=S)N1c1ccccc1. The van der Waals surface area contributed by atoms with E-state index >= 15 is 0 Å². The van der Waals surface area contributed by atoms with Gasteiger partial charge in [0.25, 0.3) is 11.6 Å². The van der Waals surface area contributed by atoms with Crippen molar-refractivity contribution < 1.29 is 9.72 Å². The predicted molar refractivity (Wildman–Crippen MR) is 133 cm³/mol. The molecule has 0 bridgehead atoms. The van der Waals surface area contributed by atoms with Crippen LogP contribution in [0.1, 0.15) is 5.56 Å². The van der Waals surface area contributed by atoms with Crippen LogP contribution in [-0.4, -0.2) is 25.7 Å². The van der Waals surface area contributed by atoms with E-state index in [-0.39, 0.29) is 22.4 Å². The highest BCUT2D eigenvalue weighted by Crippen LogP contribution is 2.30. The average molecular weight is 468 g/mol. The number of para-hydroxylation sites is 2. The minimum Gasteiger partial charge on any atom is -0.327 e. The lowest BCUT2D eigenvalue weighted by atomic mass is 10.1. The van der Waals surface area contributed by atoms with Crippen LogP contribution in [0.2, 0.25) is 0 Å². The largest absolute Gasteiger partial charge is 0.327 e. The molecular formula is C25H17N5O3S. The second-order valence-electron chi connectivity index (χ2n) is 7.48. The summed E-state index contributed by atoms with van der Waals surface area (Å²) in [6, 6.07) is 24.8. The molecule has 0 spiro atoms. The number of anilines is 1. The third-order valence-electron chi connectivity index (χ3n) is 5.29. The number of non-ortho nitro benzene ring substituents is 1. The number of aromatic nitrogens is 2. The van der Waals surface area contributed by atoms with E-state index in [1.807, 2.05) is 48.5 Å². The summed E-state index contributed by atoms with van der Waals surface area (Å²) < 4.78 is 1.67. The molecule has 5 rings (SSSR count). The molecule has 1 aliphatic rings. The Hall–Kier alpha value is -4.63. The van der Waals surface area contributed by atoms with Gasteiger partial charge in [-0.3, -0.25) is 19.8 Å². The Balaban J connectivity index is 1.61. The summed E-state index contributed by atoms with van der Waals surface area (Å²) in [5.41, 5.74) is 3.38. The van der Waals surface area contributed by atoms with E-state index in [9.17, 15) is 14.9 Å². The van der Waals surface area contributed by atoms with Crippen molar-refractivity contribution in [1.82, 2.24) is 15.1 Å². The second kappa shape index (κ2) is 8.72. The van der Waals surface area contributed by atoms with Crippen LogP contribution in [0.5, 0.6) is 0 Å². The third kappa shape index (κ3) is 3.96. The van der Waals surface area contributed by atoms with Crippen molar-refractivity contribution in [3.05, 3.63) is 113 Å². The number of nitrogens with zero attached hydrogens (tertiary/aromatic N) is 4. The first kappa shape index (κ1) is 21.2. The van der Waals surface area contributed by atoms with Crippen molar-refractivity contribution in [3.8, 4) is 16.9 Å². The number of rotatable bonds is 5. The summed E-state index contributed by atoms with van der Waals surface area (Å²) in [5.74, 6) is -0.298. The van der Waals surface area contributed by atoms with Gasteiger partial charge in [0, 0.05) is 29.5 Å². The molecule has 8 nitrogen and oxygen atoms in total. The number of hydrogen-bond acceptors (Lipinski definition) is 5. The number of nitro groups is 1. The maximum Gasteiger partial charge on any atom is 0.281 e. The van der Waals surface area contributed by atoms with E-state index in [1.165, 1.54) is 17.0 Å². The number of amides is 1. The minimum absolute atomic E-state index is 0.0446. The maximum atomic E-state index is 13.2. The van der Waals surface area contributed by atoms with Gasteiger partial charge < -0.3 is 5.32 Å². The first-order valence-corrected chi connectivity index (χ1v) is 10.7. The van der Waals surface area contributed by atoms with Crippen LogP contribution < -0.4 is 10.2 Å². The van der Waals surface area contributed by atoms with Gasteiger partial charge in [-0.15, -0.1) is 0 Å². The lowest BCUT2D eigenvalue weighted by Crippen LogP contribution is -2.30. The van der Waals surface area contributed by atoms with Crippen molar-refractivity contribution in [1.29, 1.82) is 0 Å². The zero-order valence-corrected chi connectivity index (χ0v) is 18.5. The molecule has 166 valence electrons. The normalized spacial score (nSPS) is 14.5. The molecule has 34 heavy (non-hydrogen) atoms. The summed E-state index contributed by atoms with van der Waals surface area (Å²) in [6.45, 7) is 0. The lowest BCUT2D eigenvalue weighted by Gasteiger charge is -2.13. The number of carbonyl (C=O) groups is 1. The van der Waals surface area contributed by atoms with E-state index in [0.717, 1.165) is 5.69 Å². The molecule has 1 aromatic heterocycles. The molecule has 1 aliphatic heterocycles. The topological polar surface area (TPSA) is 93.3 Å². The van der Waals surface area contributed by atoms with E-state index in [0.29, 0.717) is 22.5 Å². The van der Waals surface area contributed by atoms with E-state index < -0.39 is 4.92 Å². The number of thiocarbonyl (C=S) groups is 1.